The lowest BCUT2D eigenvalue weighted by Gasteiger charge is -1.99. The highest BCUT2D eigenvalue weighted by Crippen LogP contribution is 1.96. The molecular formula is C7H16N2O3. The molecule has 0 saturated heterocycles. The van der Waals surface area contributed by atoms with Crippen molar-refractivity contribution in [1.29, 1.82) is 0 Å². The Balaban J connectivity index is 0. The highest BCUT2D eigenvalue weighted by molar-refractivity contribution is 5.66. The summed E-state index contributed by atoms with van der Waals surface area (Å²) >= 11 is 0. The molecule has 0 rings (SSSR count). The fraction of sp³-hybridized carbons (Fsp3) is 0.714. The highest BCUT2D eigenvalue weighted by Gasteiger charge is 2.01. The largest absolute Gasteiger partial charge is 0.481 e. The van der Waals surface area contributed by atoms with Crippen molar-refractivity contribution in [3.63, 3.8) is 0 Å². The maximum atomic E-state index is 9.94. The molecule has 0 aromatic heterocycles. The van der Waals surface area contributed by atoms with Gasteiger partial charge in [0.25, 0.3) is 0 Å². The third-order valence-electron chi connectivity index (χ3n) is 1.10. The molecular weight excluding hydrogens is 160 g/mol. The fourth-order valence-corrected chi connectivity index (χ4v) is 0.557. The lowest BCUT2D eigenvalue weighted by molar-refractivity contribution is -0.137. The van der Waals surface area contributed by atoms with Gasteiger partial charge in [-0.05, 0) is 19.9 Å². The Morgan fingerprint density at radius 2 is 2.08 bits per heavy atom. The Bertz CT molecular complexity index is 128. The average molecular weight is 176 g/mol. The van der Waals surface area contributed by atoms with E-state index in [1.54, 1.807) is 0 Å². The number of aliphatic carboxylic acids is 1. The van der Waals surface area contributed by atoms with Gasteiger partial charge in [-0.1, -0.05) is 0 Å². The number of carboxylic acids is 1. The van der Waals surface area contributed by atoms with E-state index in [2.05, 4.69) is 5.73 Å². The van der Waals surface area contributed by atoms with Crippen LogP contribution < -0.4 is 11.5 Å². The molecule has 0 aliphatic carbocycles. The van der Waals surface area contributed by atoms with Crippen LogP contribution in [-0.2, 0) is 9.59 Å². The van der Waals surface area contributed by atoms with Gasteiger partial charge < -0.3 is 21.4 Å². The molecule has 0 aromatic carbocycles. The van der Waals surface area contributed by atoms with Crippen LogP contribution >= 0.6 is 0 Å². The number of hydrogen-bond donors (Lipinski definition) is 3. The first-order chi connectivity index (χ1) is 5.66. The summed E-state index contributed by atoms with van der Waals surface area (Å²) in [5.74, 6) is -0.849. The molecule has 0 spiro atoms. The second-order valence-electron chi connectivity index (χ2n) is 2.09. The van der Waals surface area contributed by atoms with E-state index in [1.807, 2.05) is 0 Å². The summed E-state index contributed by atoms with van der Waals surface area (Å²) in [4.78, 5) is 19.8. The molecule has 0 aromatic rings. The Morgan fingerprint density at radius 3 is 2.42 bits per heavy atom. The summed E-state index contributed by atoms with van der Waals surface area (Å²) < 4.78 is 0. The van der Waals surface area contributed by atoms with Crippen LogP contribution in [0.4, 0.5) is 0 Å². The monoisotopic (exact) mass is 176 g/mol. The van der Waals surface area contributed by atoms with Gasteiger partial charge in [0.05, 0.1) is 6.04 Å². The van der Waals surface area contributed by atoms with E-state index in [1.165, 1.54) is 7.05 Å². The number of nitrogens with two attached hydrogens (primary N) is 2. The van der Waals surface area contributed by atoms with Crippen LogP contribution in [-0.4, -0.2) is 30.5 Å². The van der Waals surface area contributed by atoms with Gasteiger partial charge in [0.1, 0.15) is 6.29 Å². The molecule has 0 amide bonds. The SMILES string of the molecule is CN.NC(C=O)CCCC(=O)O. The predicted molar refractivity (Wildman–Crippen MR) is 45.6 cm³/mol. The van der Waals surface area contributed by atoms with Crippen molar-refractivity contribution in [2.75, 3.05) is 7.05 Å². The Labute approximate surface area is 71.7 Å². The molecule has 0 fully saturated rings. The van der Waals surface area contributed by atoms with Gasteiger partial charge in [-0.2, -0.15) is 0 Å². The number of carbonyl (C=O) groups excluding carboxylic acids is 1. The zero-order valence-electron chi connectivity index (χ0n) is 7.19. The summed E-state index contributed by atoms with van der Waals surface area (Å²) in [7, 11) is 1.50. The first-order valence-electron chi connectivity index (χ1n) is 3.67. The van der Waals surface area contributed by atoms with Crippen LogP contribution in [0.1, 0.15) is 19.3 Å². The molecule has 0 saturated carbocycles. The van der Waals surface area contributed by atoms with Crippen LogP contribution in [0.5, 0.6) is 0 Å². The van der Waals surface area contributed by atoms with Crippen molar-refractivity contribution in [2.45, 2.75) is 25.3 Å². The van der Waals surface area contributed by atoms with Crippen molar-refractivity contribution in [2.24, 2.45) is 11.5 Å². The summed E-state index contributed by atoms with van der Waals surface area (Å²) in [6, 6.07) is -0.501. The van der Waals surface area contributed by atoms with Crippen molar-refractivity contribution in [3.05, 3.63) is 0 Å². The summed E-state index contributed by atoms with van der Waals surface area (Å²) in [5, 5.41) is 8.17. The van der Waals surface area contributed by atoms with Crippen molar-refractivity contribution in [1.82, 2.24) is 0 Å². The minimum atomic E-state index is -0.849. The zero-order chi connectivity index (χ0) is 9.98. The molecule has 72 valence electrons. The molecule has 5 nitrogen and oxygen atoms in total. The van der Waals surface area contributed by atoms with E-state index in [0.717, 1.165) is 0 Å². The van der Waals surface area contributed by atoms with Crippen LogP contribution in [0.25, 0.3) is 0 Å². The van der Waals surface area contributed by atoms with Crippen LogP contribution in [0.2, 0.25) is 0 Å². The molecule has 1 atom stereocenters. The predicted octanol–water partition coefficient (Wildman–Crippen LogP) is -0.658. The maximum absolute atomic E-state index is 9.94. The molecule has 0 aliphatic rings. The van der Waals surface area contributed by atoms with E-state index in [9.17, 15) is 9.59 Å². The van der Waals surface area contributed by atoms with Gasteiger partial charge in [-0.25, -0.2) is 0 Å². The molecule has 0 heterocycles. The van der Waals surface area contributed by atoms with Crippen LogP contribution in [0.3, 0.4) is 0 Å². The minimum absolute atomic E-state index is 0.0849. The van der Waals surface area contributed by atoms with E-state index in [-0.39, 0.29) is 6.42 Å². The first-order valence-corrected chi connectivity index (χ1v) is 3.67. The summed E-state index contributed by atoms with van der Waals surface area (Å²) in [5.41, 5.74) is 9.70. The maximum Gasteiger partial charge on any atom is 0.303 e. The lowest BCUT2D eigenvalue weighted by Crippen LogP contribution is -2.21. The lowest BCUT2D eigenvalue weighted by atomic mass is 10.1. The summed E-state index contributed by atoms with van der Waals surface area (Å²) in [6.07, 6.45) is 1.63. The summed E-state index contributed by atoms with van der Waals surface area (Å²) in [6.45, 7) is 0. The molecule has 0 radical (unpaired) electrons. The normalized spacial score (nSPS) is 10.9. The van der Waals surface area contributed by atoms with Gasteiger partial charge in [-0.3, -0.25) is 4.79 Å². The van der Waals surface area contributed by atoms with E-state index in [4.69, 9.17) is 10.8 Å². The Kier molecular flexibility index (Phi) is 11.4. The fourth-order valence-electron chi connectivity index (χ4n) is 0.557. The standard InChI is InChI=1S/C6H11NO3.CH5N/c7-5(4-8)2-1-3-6(9)10;1-2/h4-5H,1-3,7H2,(H,9,10);2H2,1H3. The highest BCUT2D eigenvalue weighted by atomic mass is 16.4. The van der Waals surface area contributed by atoms with Gasteiger partial charge in [0, 0.05) is 6.42 Å². The second kappa shape index (κ2) is 10.1. The van der Waals surface area contributed by atoms with E-state index < -0.39 is 12.0 Å². The number of aldehydes is 1. The third-order valence-corrected chi connectivity index (χ3v) is 1.10. The van der Waals surface area contributed by atoms with Gasteiger partial charge in [0.15, 0.2) is 0 Å². The quantitative estimate of drug-likeness (QED) is 0.482. The third kappa shape index (κ3) is 11.8. The molecule has 1 unspecified atom stereocenters. The van der Waals surface area contributed by atoms with Crippen LogP contribution in [0, 0.1) is 0 Å². The first kappa shape index (κ1) is 13.6. The number of hydrogen-bond acceptors (Lipinski definition) is 4. The van der Waals surface area contributed by atoms with Gasteiger partial charge in [-0.15, -0.1) is 0 Å². The topological polar surface area (TPSA) is 106 Å². The smallest absolute Gasteiger partial charge is 0.303 e. The average Bonchev–Trinajstić information content (AvgIpc) is 2.07. The number of carboxylic acid groups (broad SMARTS) is 1. The van der Waals surface area contributed by atoms with E-state index in [0.29, 0.717) is 19.1 Å². The Morgan fingerprint density at radius 1 is 1.58 bits per heavy atom. The number of rotatable bonds is 5. The van der Waals surface area contributed by atoms with Crippen molar-refractivity contribution >= 4 is 12.3 Å². The van der Waals surface area contributed by atoms with Crippen LogP contribution in [0.15, 0.2) is 0 Å². The Hall–Kier alpha value is -0.940. The molecule has 5 heteroatoms. The van der Waals surface area contributed by atoms with Crippen molar-refractivity contribution in [3.8, 4) is 0 Å². The molecule has 12 heavy (non-hydrogen) atoms. The molecule has 0 aliphatic heterocycles. The molecule has 5 N–H and O–H groups in total. The van der Waals surface area contributed by atoms with Gasteiger partial charge >= 0.3 is 5.97 Å². The second-order valence-corrected chi connectivity index (χ2v) is 2.09. The van der Waals surface area contributed by atoms with Crippen molar-refractivity contribution < 1.29 is 14.7 Å². The van der Waals surface area contributed by atoms with E-state index >= 15 is 0 Å². The zero-order valence-corrected chi connectivity index (χ0v) is 7.19. The van der Waals surface area contributed by atoms with Gasteiger partial charge in [0.2, 0.25) is 0 Å². The number of carbonyl (C=O) groups is 2. The minimum Gasteiger partial charge on any atom is -0.481 e. The molecule has 0 bridgehead atoms.